The second-order valence-electron chi connectivity index (χ2n) is 3.86. The predicted molar refractivity (Wildman–Crippen MR) is 78.0 cm³/mol. The van der Waals surface area contributed by atoms with E-state index in [-0.39, 0.29) is 5.82 Å². The Morgan fingerprint density at radius 3 is 2.61 bits per heavy atom. The van der Waals surface area contributed by atoms with E-state index >= 15 is 0 Å². The monoisotopic (exact) mass is 328 g/mol. The molecule has 2 aromatic rings. The number of halogens is 3. The second kappa shape index (κ2) is 5.16. The van der Waals surface area contributed by atoms with Crippen molar-refractivity contribution < 1.29 is 4.39 Å². The van der Waals surface area contributed by atoms with Crippen molar-refractivity contribution >= 4 is 44.6 Å². The maximum absolute atomic E-state index is 13.8. The first-order valence-electron chi connectivity index (χ1n) is 5.23. The number of anilines is 3. The molecule has 0 heterocycles. The van der Waals surface area contributed by atoms with Gasteiger partial charge in [0.05, 0.1) is 17.1 Å². The molecular formula is C13H11BrClFN2. The largest absolute Gasteiger partial charge is 0.397 e. The van der Waals surface area contributed by atoms with Crippen molar-refractivity contribution in [3.63, 3.8) is 0 Å². The molecule has 18 heavy (non-hydrogen) atoms. The molecule has 0 bridgehead atoms. The van der Waals surface area contributed by atoms with Crippen LogP contribution in [0, 0.1) is 5.82 Å². The quantitative estimate of drug-likeness (QED) is 0.816. The van der Waals surface area contributed by atoms with Crippen LogP contribution >= 0.6 is 27.5 Å². The van der Waals surface area contributed by atoms with Gasteiger partial charge in [0.25, 0.3) is 0 Å². The van der Waals surface area contributed by atoms with Crippen LogP contribution in [0.3, 0.4) is 0 Å². The van der Waals surface area contributed by atoms with Crippen molar-refractivity contribution in [1.82, 2.24) is 0 Å². The van der Waals surface area contributed by atoms with Gasteiger partial charge in [0.15, 0.2) is 0 Å². The van der Waals surface area contributed by atoms with Crippen LogP contribution in [0.2, 0.25) is 5.02 Å². The summed E-state index contributed by atoms with van der Waals surface area (Å²) in [4.78, 5) is 1.67. The van der Waals surface area contributed by atoms with E-state index in [2.05, 4.69) is 15.9 Å². The fourth-order valence-electron chi connectivity index (χ4n) is 1.68. The fourth-order valence-corrected chi connectivity index (χ4v) is 2.20. The summed E-state index contributed by atoms with van der Waals surface area (Å²) in [5.41, 5.74) is 7.52. The van der Waals surface area contributed by atoms with Gasteiger partial charge in [0.2, 0.25) is 0 Å². The van der Waals surface area contributed by atoms with Crippen molar-refractivity contribution in [2.75, 3.05) is 17.7 Å². The lowest BCUT2D eigenvalue weighted by Crippen LogP contribution is -2.13. The van der Waals surface area contributed by atoms with Gasteiger partial charge in [-0.3, -0.25) is 0 Å². The van der Waals surface area contributed by atoms with Crippen LogP contribution in [0.1, 0.15) is 0 Å². The third-order valence-electron chi connectivity index (χ3n) is 2.62. The Hall–Kier alpha value is -1.26. The summed E-state index contributed by atoms with van der Waals surface area (Å²) in [5, 5.41) is 0.557. The Morgan fingerprint density at radius 2 is 1.89 bits per heavy atom. The average Bonchev–Trinajstić information content (AvgIpc) is 2.34. The minimum absolute atomic E-state index is 0.319. The molecule has 0 fully saturated rings. The highest BCUT2D eigenvalue weighted by Crippen LogP contribution is 2.33. The zero-order chi connectivity index (χ0) is 13.3. The summed E-state index contributed by atoms with van der Waals surface area (Å²) in [7, 11) is 1.74. The highest BCUT2D eigenvalue weighted by Gasteiger charge is 2.12. The molecule has 94 valence electrons. The smallest absolute Gasteiger partial charge is 0.146 e. The lowest BCUT2D eigenvalue weighted by Gasteiger charge is -2.22. The molecule has 0 aliphatic rings. The predicted octanol–water partition coefficient (Wildman–Crippen LogP) is 4.59. The van der Waals surface area contributed by atoms with Crippen molar-refractivity contribution in [2.45, 2.75) is 0 Å². The Kier molecular flexibility index (Phi) is 3.78. The number of benzene rings is 2. The molecule has 0 spiro atoms. The molecule has 2 N–H and O–H groups in total. The molecule has 2 rings (SSSR count). The van der Waals surface area contributed by atoms with Gasteiger partial charge in [-0.1, -0.05) is 27.5 Å². The standard InChI is InChI=1S/C13H11BrClFN2/c1-18(12-6-8(14)2-4-10(12)16)13-7-9(15)3-5-11(13)17/h2-7H,17H2,1H3. The average molecular weight is 330 g/mol. The maximum Gasteiger partial charge on any atom is 0.146 e. The van der Waals surface area contributed by atoms with E-state index in [0.717, 1.165) is 4.47 Å². The van der Waals surface area contributed by atoms with Crippen LogP contribution in [0.25, 0.3) is 0 Å². The van der Waals surface area contributed by atoms with Crippen molar-refractivity contribution in [1.29, 1.82) is 0 Å². The molecule has 0 aliphatic heterocycles. The van der Waals surface area contributed by atoms with E-state index < -0.39 is 0 Å². The van der Waals surface area contributed by atoms with E-state index in [4.69, 9.17) is 17.3 Å². The SMILES string of the molecule is CN(c1cc(Cl)ccc1N)c1cc(Br)ccc1F. The molecular weight excluding hydrogens is 319 g/mol. The summed E-state index contributed by atoms with van der Waals surface area (Å²) >= 11 is 9.25. The van der Waals surface area contributed by atoms with Crippen LogP contribution in [0.4, 0.5) is 21.5 Å². The summed E-state index contributed by atoms with van der Waals surface area (Å²) < 4.78 is 14.6. The molecule has 0 aliphatic carbocycles. The van der Waals surface area contributed by atoms with Crippen LogP contribution in [0.15, 0.2) is 40.9 Å². The normalized spacial score (nSPS) is 10.4. The summed E-state index contributed by atoms with van der Waals surface area (Å²) in [6, 6.07) is 9.84. The molecule has 0 atom stereocenters. The molecule has 5 heteroatoms. The zero-order valence-electron chi connectivity index (χ0n) is 9.62. The first kappa shape index (κ1) is 13.2. The van der Waals surface area contributed by atoms with Crippen molar-refractivity contribution in [3.05, 3.63) is 51.7 Å². The van der Waals surface area contributed by atoms with E-state index in [1.807, 2.05) is 0 Å². The third-order valence-corrected chi connectivity index (χ3v) is 3.35. The van der Waals surface area contributed by atoms with E-state index in [9.17, 15) is 4.39 Å². The third kappa shape index (κ3) is 2.60. The number of nitrogen functional groups attached to an aromatic ring is 1. The van der Waals surface area contributed by atoms with Gasteiger partial charge in [0.1, 0.15) is 5.82 Å². The second-order valence-corrected chi connectivity index (χ2v) is 5.21. The number of nitrogens with two attached hydrogens (primary N) is 1. The molecule has 0 radical (unpaired) electrons. The van der Waals surface area contributed by atoms with Crippen LogP contribution in [0.5, 0.6) is 0 Å². The molecule has 2 aromatic carbocycles. The Morgan fingerprint density at radius 1 is 1.17 bits per heavy atom. The first-order valence-corrected chi connectivity index (χ1v) is 6.40. The Bertz CT molecular complexity index is 538. The van der Waals surface area contributed by atoms with Gasteiger partial charge < -0.3 is 10.6 Å². The van der Waals surface area contributed by atoms with Crippen LogP contribution in [-0.4, -0.2) is 7.05 Å². The molecule has 0 aromatic heterocycles. The minimum atomic E-state index is -0.319. The van der Waals surface area contributed by atoms with Gasteiger partial charge in [0, 0.05) is 16.5 Å². The highest BCUT2D eigenvalue weighted by molar-refractivity contribution is 9.10. The lowest BCUT2D eigenvalue weighted by atomic mass is 10.2. The van der Waals surface area contributed by atoms with Gasteiger partial charge in [-0.2, -0.15) is 0 Å². The van der Waals surface area contributed by atoms with E-state index in [0.29, 0.717) is 22.1 Å². The number of rotatable bonds is 2. The molecule has 0 saturated carbocycles. The Balaban J connectivity index is 2.50. The lowest BCUT2D eigenvalue weighted by molar-refractivity contribution is 0.627. The van der Waals surface area contributed by atoms with Gasteiger partial charge >= 0.3 is 0 Å². The van der Waals surface area contributed by atoms with E-state index in [1.165, 1.54) is 6.07 Å². The van der Waals surface area contributed by atoms with Crippen LogP contribution < -0.4 is 10.6 Å². The summed E-state index contributed by atoms with van der Waals surface area (Å²) in [6.07, 6.45) is 0. The molecule has 2 nitrogen and oxygen atoms in total. The van der Waals surface area contributed by atoms with Gasteiger partial charge in [-0.25, -0.2) is 4.39 Å². The van der Waals surface area contributed by atoms with Crippen LogP contribution in [-0.2, 0) is 0 Å². The summed E-state index contributed by atoms with van der Waals surface area (Å²) in [6.45, 7) is 0. The topological polar surface area (TPSA) is 29.3 Å². The molecule has 0 unspecified atom stereocenters. The minimum Gasteiger partial charge on any atom is -0.397 e. The number of hydrogen-bond donors (Lipinski definition) is 1. The maximum atomic E-state index is 13.8. The number of nitrogens with zero attached hydrogens (tertiary/aromatic N) is 1. The fraction of sp³-hybridized carbons (Fsp3) is 0.0769. The molecule has 0 amide bonds. The van der Waals surface area contributed by atoms with E-state index in [1.54, 1.807) is 42.3 Å². The zero-order valence-corrected chi connectivity index (χ0v) is 12.0. The van der Waals surface area contributed by atoms with Gasteiger partial charge in [-0.15, -0.1) is 0 Å². The molecule has 0 saturated heterocycles. The van der Waals surface area contributed by atoms with Crippen molar-refractivity contribution in [3.8, 4) is 0 Å². The Labute approximate surface area is 118 Å². The number of hydrogen-bond acceptors (Lipinski definition) is 2. The van der Waals surface area contributed by atoms with Gasteiger partial charge in [-0.05, 0) is 36.4 Å². The van der Waals surface area contributed by atoms with Crippen molar-refractivity contribution in [2.24, 2.45) is 0 Å². The summed E-state index contributed by atoms with van der Waals surface area (Å²) in [5.74, 6) is -0.319. The first-order chi connectivity index (χ1) is 8.49. The highest BCUT2D eigenvalue weighted by atomic mass is 79.9.